The summed E-state index contributed by atoms with van der Waals surface area (Å²) in [6.07, 6.45) is 4.11. The van der Waals surface area contributed by atoms with Gasteiger partial charge in [-0.15, -0.1) is 0 Å². The Morgan fingerprint density at radius 3 is 2.48 bits per heavy atom. The van der Waals surface area contributed by atoms with Crippen LogP contribution in [-0.2, 0) is 19.1 Å². The molecule has 1 rings (SSSR count). The summed E-state index contributed by atoms with van der Waals surface area (Å²) in [7, 11) is 0. The van der Waals surface area contributed by atoms with Crippen LogP contribution in [0.5, 0.6) is 0 Å². The van der Waals surface area contributed by atoms with E-state index in [-0.39, 0.29) is 12.1 Å². The molecule has 1 aliphatic rings. The van der Waals surface area contributed by atoms with Crippen molar-refractivity contribution >= 4 is 18.9 Å². The van der Waals surface area contributed by atoms with Crippen LogP contribution in [0.1, 0.15) is 53.4 Å². The van der Waals surface area contributed by atoms with Gasteiger partial charge in [-0.25, -0.2) is 4.79 Å². The van der Waals surface area contributed by atoms with E-state index in [9.17, 15) is 14.4 Å². The lowest BCUT2D eigenvalue weighted by Crippen LogP contribution is -2.40. The number of unbranched alkanes of at least 4 members (excludes halogenated alkanes) is 1. The number of hydrogen-bond donors (Lipinski definition) is 0. The fourth-order valence-corrected chi connectivity index (χ4v) is 1.76. The van der Waals surface area contributed by atoms with E-state index in [1.807, 2.05) is 27.7 Å². The third-order valence-electron chi connectivity index (χ3n) is 2.77. The van der Waals surface area contributed by atoms with E-state index in [1.54, 1.807) is 0 Å². The normalized spacial score (nSPS) is 17.5. The van der Waals surface area contributed by atoms with E-state index >= 15 is 0 Å². The van der Waals surface area contributed by atoms with Crippen LogP contribution in [0.2, 0.25) is 0 Å². The van der Waals surface area contributed by atoms with E-state index in [0.29, 0.717) is 19.6 Å². The summed E-state index contributed by atoms with van der Waals surface area (Å²) >= 11 is 0. The van der Waals surface area contributed by atoms with Gasteiger partial charge in [-0.05, 0) is 40.0 Å². The van der Waals surface area contributed by atoms with Crippen molar-refractivity contribution in [3.05, 3.63) is 0 Å². The molecule has 122 valence electrons. The van der Waals surface area contributed by atoms with Crippen molar-refractivity contribution in [1.29, 1.82) is 0 Å². The van der Waals surface area contributed by atoms with Gasteiger partial charge in [0.15, 0.2) is 0 Å². The highest BCUT2D eigenvalue weighted by Crippen LogP contribution is 2.19. The Morgan fingerprint density at radius 1 is 1.33 bits per heavy atom. The molecule has 1 heterocycles. The summed E-state index contributed by atoms with van der Waals surface area (Å²) < 4.78 is 9.58. The number of nitrogens with zero attached hydrogens (tertiary/aromatic N) is 1. The molecule has 0 aliphatic carbocycles. The smallest absolute Gasteiger partial charge is 0.410 e. The third kappa shape index (κ3) is 9.05. The third-order valence-corrected chi connectivity index (χ3v) is 2.77. The van der Waals surface area contributed by atoms with Gasteiger partial charge < -0.3 is 14.3 Å². The summed E-state index contributed by atoms with van der Waals surface area (Å²) in [5.74, 6) is 0. The number of carbonyl (C=O) groups excluding carboxylic acids is 3. The summed E-state index contributed by atoms with van der Waals surface area (Å²) in [5, 5.41) is 0. The van der Waals surface area contributed by atoms with E-state index in [1.165, 1.54) is 4.90 Å². The van der Waals surface area contributed by atoms with Crippen molar-refractivity contribution < 1.29 is 23.9 Å². The minimum absolute atomic E-state index is 0.287. The van der Waals surface area contributed by atoms with Crippen LogP contribution < -0.4 is 0 Å². The van der Waals surface area contributed by atoms with Gasteiger partial charge in [0.2, 0.25) is 0 Å². The van der Waals surface area contributed by atoms with Crippen molar-refractivity contribution in [2.24, 2.45) is 0 Å². The number of amides is 1. The minimum atomic E-state index is -0.493. The number of hydrogen-bond acceptors (Lipinski definition) is 5. The molecule has 0 bridgehead atoms. The lowest BCUT2D eigenvalue weighted by molar-refractivity contribution is -0.128. The van der Waals surface area contributed by atoms with Crippen molar-refractivity contribution in [2.45, 2.75) is 65.0 Å². The molecule has 0 N–H and O–H groups in total. The topological polar surface area (TPSA) is 72.9 Å². The lowest BCUT2D eigenvalue weighted by atomic mass is 10.2. The number of carbonyl (C=O) groups is 3. The van der Waals surface area contributed by atoms with Gasteiger partial charge in [0.05, 0.1) is 12.6 Å². The molecule has 1 aliphatic heterocycles. The predicted molar refractivity (Wildman–Crippen MR) is 79.0 cm³/mol. The highest BCUT2D eigenvalue weighted by atomic mass is 16.6. The molecule has 6 heteroatoms. The molecule has 0 radical (unpaired) electrons. The van der Waals surface area contributed by atoms with Crippen LogP contribution in [0.25, 0.3) is 0 Å². The summed E-state index contributed by atoms with van der Waals surface area (Å²) in [4.78, 5) is 33.2. The van der Waals surface area contributed by atoms with Crippen LogP contribution in [0.15, 0.2) is 0 Å². The molecule has 1 amide bonds. The Morgan fingerprint density at radius 2 is 2.00 bits per heavy atom. The molecule has 21 heavy (non-hydrogen) atoms. The molecule has 0 spiro atoms. The first-order valence-electron chi connectivity index (χ1n) is 7.35. The molecule has 0 aromatic carbocycles. The lowest BCUT2D eigenvalue weighted by Gasteiger charge is -2.26. The van der Waals surface area contributed by atoms with Crippen molar-refractivity contribution in [3.8, 4) is 0 Å². The Hall–Kier alpha value is -1.59. The number of ether oxygens (including phenoxy) is 2. The molecule has 6 nitrogen and oxygen atoms in total. The molecule has 1 fully saturated rings. The van der Waals surface area contributed by atoms with E-state index in [4.69, 9.17) is 4.74 Å². The van der Waals surface area contributed by atoms with E-state index < -0.39 is 5.60 Å². The molecular weight excluding hydrogens is 274 g/mol. The zero-order chi connectivity index (χ0) is 16.3. The van der Waals surface area contributed by atoms with Crippen LogP contribution in [0.3, 0.4) is 0 Å². The Balaban J connectivity index is 0.000000486. The average molecular weight is 301 g/mol. The quantitative estimate of drug-likeness (QED) is 0.576. The molecule has 0 aromatic rings. The monoisotopic (exact) mass is 301 g/mol. The highest BCUT2D eigenvalue weighted by Gasteiger charge is 2.31. The summed E-state index contributed by atoms with van der Waals surface area (Å²) in [6, 6.07) is -0.287. The maximum absolute atomic E-state index is 11.6. The summed E-state index contributed by atoms with van der Waals surface area (Å²) in [6.45, 7) is 9.17. The Bertz CT molecular complexity index is 325. The first-order chi connectivity index (χ1) is 9.85. The zero-order valence-electron chi connectivity index (χ0n) is 13.5. The average Bonchev–Trinajstić information content (AvgIpc) is 2.86. The molecule has 0 saturated carbocycles. The second-order valence-electron chi connectivity index (χ2n) is 5.84. The van der Waals surface area contributed by atoms with Gasteiger partial charge in [-0.3, -0.25) is 9.69 Å². The molecular formula is C15H27NO5. The standard InChI is InChI=1S/C10H17NO3.C5H10O2/c1-10(2,3)14-9(13)11-6-4-5-8(11)7-12;1-2-3-4-7-5-6/h7-8H,4-6H2,1-3H3;5H,2-4H2,1H3. The summed E-state index contributed by atoms with van der Waals surface area (Å²) in [5.41, 5.74) is -0.493. The fourth-order valence-electron chi connectivity index (χ4n) is 1.76. The SMILES string of the molecule is CC(C)(C)OC(=O)N1CCCC1C=O.CCCCOC=O. The van der Waals surface area contributed by atoms with Crippen LogP contribution in [0, 0.1) is 0 Å². The highest BCUT2D eigenvalue weighted by molar-refractivity contribution is 5.74. The zero-order valence-corrected chi connectivity index (χ0v) is 13.5. The number of aldehydes is 1. The predicted octanol–water partition coefficient (Wildman–Crippen LogP) is 2.54. The minimum Gasteiger partial charge on any atom is -0.468 e. The van der Waals surface area contributed by atoms with Crippen molar-refractivity contribution in [1.82, 2.24) is 4.90 Å². The van der Waals surface area contributed by atoms with Gasteiger partial charge in [0, 0.05) is 6.54 Å². The Kier molecular flexibility index (Phi) is 9.41. The maximum Gasteiger partial charge on any atom is 0.410 e. The van der Waals surface area contributed by atoms with Crippen LogP contribution in [0.4, 0.5) is 4.79 Å². The first kappa shape index (κ1) is 19.4. The second-order valence-corrected chi connectivity index (χ2v) is 5.84. The van der Waals surface area contributed by atoms with Gasteiger partial charge in [-0.1, -0.05) is 13.3 Å². The largest absolute Gasteiger partial charge is 0.468 e. The molecule has 1 unspecified atom stereocenters. The van der Waals surface area contributed by atoms with Gasteiger partial charge in [-0.2, -0.15) is 0 Å². The van der Waals surface area contributed by atoms with Crippen molar-refractivity contribution in [2.75, 3.05) is 13.2 Å². The number of rotatable bonds is 5. The Labute approximate surface area is 126 Å². The molecule has 1 atom stereocenters. The molecule has 1 saturated heterocycles. The fraction of sp³-hybridized carbons (Fsp3) is 0.800. The van der Waals surface area contributed by atoms with E-state index in [2.05, 4.69) is 4.74 Å². The first-order valence-corrected chi connectivity index (χ1v) is 7.35. The second kappa shape index (κ2) is 10.2. The number of likely N-dealkylation sites (tertiary alicyclic amines) is 1. The van der Waals surface area contributed by atoms with Gasteiger partial charge >= 0.3 is 6.09 Å². The van der Waals surface area contributed by atoms with Crippen LogP contribution >= 0.6 is 0 Å². The van der Waals surface area contributed by atoms with Crippen molar-refractivity contribution in [3.63, 3.8) is 0 Å². The molecule has 0 aromatic heterocycles. The van der Waals surface area contributed by atoms with E-state index in [0.717, 1.165) is 32.0 Å². The maximum atomic E-state index is 11.6. The van der Waals surface area contributed by atoms with Gasteiger partial charge in [0.1, 0.15) is 11.9 Å². The van der Waals surface area contributed by atoms with Gasteiger partial charge in [0.25, 0.3) is 6.47 Å². The van der Waals surface area contributed by atoms with Crippen LogP contribution in [-0.4, -0.2) is 48.5 Å².